The molecule has 0 radical (unpaired) electrons. The maximum atomic E-state index is 8.92. The maximum absolute atomic E-state index is 8.92. The number of rotatable bonds is 0. The summed E-state index contributed by atoms with van der Waals surface area (Å²) in [4.78, 5) is 0. The van der Waals surface area contributed by atoms with Crippen molar-refractivity contribution in [2.75, 3.05) is 0 Å². The summed E-state index contributed by atoms with van der Waals surface area (Å²) >= 11 is 0. The second kappa shape index (κ2) is 7.20. The first-order valence-electron chi connectivity index (χ1n) is 6.22. The van der Waals surface area contributed by atoms with E-state index < -0.39 is 0 Å². The van der Waals surface area contributed by atoms with Gasteiger partial charge in [-0.1, -0.05) is 19.3 Å². The summed E-state index contributed by atoms with van der Waals surface area (Å²) in [5.74, 6) is 0. The minimum Gasteiger partial charge on any atom is -0.393 e. The smallest absolute Gasteiger partial charge is 0.0564 e. The predicted octanol–water partition coefficient (Wildman–Crippen LogP) is 1.59. The fraction of sp³-hybridized carbons (Fsp3) is 1.00. The zero-order valence-electron chi connectivity index (χ0n) is 9.44. The molecule has 0 bridgehead atoms. The van der Waals surface area contributed by atoms with Gasteiger partial charge in [0.25, 0.3) is 0 Å². The molecule has 0 heterocycles. The van der Waals surface area contributed by atoms with Crippen molar-refractivity contribution in [3.63, 3.8) is 0 Å². The summed E-state index contributed by atoms with van der Waals surface area (Å²) in [5.41, 5.74) is 0. The summed E-state index contributed by atoms with van der Waals surface area (Å²) in [6.45, 7) is 0. The topological polar surface area (TPSA) is 60.7 Å². The van der Waals surface area contributed by atoms with E-state index in [1.54, 1.807) is 0 Å². The fourth-order valence-electron chi connectivity index (χ4n) is 2.22. The van der Waals surface area contributed by atoms with Crippen LogP contribution >= 0.6 is 0 Å². The highest BCUT2D eigenvalue weighted by molar-refractivity contribution is 4.69. The Morgan fingerprint density at radius 1 is 0.533 bits per heavy atom. The molecule has 3 heteroatoms. The van der Waals surface area contributed by atoms with Crippen LogP contribution in [-0.4, -0.2) is 33.6 Å². The van der Waals surface area contributed by atoms with Gasteiger partial charge in [0.2, 0.25) is 0 Å². The molecule has 2 rings (SSSR count). The van der Waals surface area contributed by atoms with E-state index in [0.717, 1.165) is 32.1 Å². The molecular weight excluding hydrogens is 192 g/mol. The zero-order valence-corrected chi connectivity index (χ0v) is 9.44. The highest BCUT2D eigenvalue weighted by Gasteiger charge is 2.16. The molecule has 2 unspecified atom stereocenters. The van der Waals surface area contributed by atoms with Crippen molar-refractivity contribution in [3.8, 4) is 0 Å². The van der Waals surface area contributed by atoms with Crippen LogP contribution in [0.25, 0.3) is 0 Å². The van der Waals surface area contributed by atoms with E-state index in [2.05, 4.69) is 0 Å². The Labute approximate surface area is 92.1 Å². The van der Waals surface area contributed by atoms with Gasteiger partial charge in [0.1, 0.15) is 0 Å². The second-order valence-corrected chi connectivity index (χ2v) is 4.77. The summed E-state index contributed by atoms with van der Waals surface area (Å²) in [7, 11) is 0. The Bertz CT molecular complexity index is 147. The molecule has 0 aromatic rings. The molecule has 2 saturated carbocycles. The lowest BCUT2D eigenvalue weighted by molar-refractivity contribution is 0.0406. The average Bonchev–Trinajstić information content (AvgIpc) is 2.19. The van der Waals surface area contributed by atoms with E-state index in [-0.39, 0.29) is 18.3 Å². The maximum Gasteiger partial charge on any atom is 0.0564 e. The Morgan fingerprint density at radius 2 is 1.00 bits per heavy atom. The summed E-state index contributed by atoms with van der Waals surface area (Å²) < 4.78 is 0. The molecular formula is C12H24O3. The molecule has 0 aromatic carbocycles. The Hall–Kier alpha value is -0.120. The molecule has 0 aliphatic heterocycles. The standard InChI is InChI=1S/C6H12O2.C6H12O/c7-5-2-1-3-6(8)4-5;7-6-4-2-1-3-5-6/h5-8H,1-4H2;6-7H,1-5H2. The molecule has 0 spiro atoms. The lowest BCUT2D eigenvalue weighted by Crippen LogP contribution is -2.22. The summed E-state index contributed by atoms with van der Waals surface area (Å²) in [6.07, 6.45) is 8.75. The van der Waals surface area contributed by atoms with E-state index in [1.807, 2.05) is 0 Å². The fourth-order valence-corrected chi connectivity index (χ4v) is 2.22. The van der Waals surface area contributed by atoms with Crippen LogP contribution in [0, 0.1) is 0 Å². The third kappa shape index (κ3) is 6.13. The van der Waals surface area contributed by atoms with Crippen molar-refractivity contribution < 1.29 is 15.3 Å². The lowest BCUT2D eigenvalue weighted by atomic mass is 9.95. The molecule has 2 atom stereocenters. The third-order valence-electron chi connectivity index (χ3n) is 3.19. The number of hydrogen-bond donors (Lipinski definition) is 3. The molecule has 0 amide bonds. The minimum absolute atomic E-state index is 0.0359. The number of hydrogen-bond acceptors (Lipinski definition) is 3. The van der Waals surface area contributed by atoms with Crippen molar-refractivity contribution in [2.24, 2.45) is 0 Å². The van der Waals surface area contributed by atoms with Crippen molar-refractivity contribution in [1.82, 2.24) is 0 Å². The van der Waals surface area contributed by atoms with Gasteiger partial charge in [0, 0.05) is 0 Å². The van der Waals surface area contributed by atoms with Crippen molar-refractivity contribution in [3.05, 3.63) is 0 Å². The van der Waals surface area contributed by atoms with Crippen LogP contribution in [-0.2, 0) is 0 Å². The first-order valence-corrected chi connectivity index (χ1v) is 6.22. The molecule has 3 N–H and O–H groups in total. The summed E-state index contributed by atoms with van der Waals surface area (Å²) in [6, 6.07) is 0. The van der Waals surface area contributed by atoms with Crippen molar-refractivity contribution in [2.45, 2.75) is 76.1 Å². The van der Waals surface area contributed by atoms with Gasteiger partial charge >= 0.3 is 0 Å². The molecule has 0 saturated heterocycles. The van der Waals surface area contributed by atoms with Crippen LogP contribution in [0.1, 0.15) is 57.8 Å². The second-order valence-electron chi connectivity index (χ2n) is 4.77. The van der Waals surface area contributed by atoms with E-state index in [1.165, 1.54) is 19.3 Å². The van der Waals surface area contributed by atoms with E-state index >= 15 is 0 Å². The van der Waals surface area contributed by atoms with Gasteiger partial charge in [-0.25, -0.2) is 0 Å². The molecule has 90 valence electrons. The summed E-state index contributed by atoms with van der Waals surface area (Å²) in [5, 5.41) is 26.7. The number of aliphatic hydroxyl groups excluding tert-OH is 3. The molecule has 15 heavy (non-hydrogen) atoms. The first kappa shape index (κ1) is 12.9. The normalized spacial score (nSPS) is 33.0. The van der Waals surface area contributed by atoms with Gasteiger partial charge in [0.05, 0.1) is 18.3 Å². The third-order valence-corrected chi connectivity index (χ3v) is 3.19. The van der Waals surface area contributed by atoms with Crippen LogP contribution in [0.5, 0.6) is 0 Å². The van der Waals surface area contributed by atoms with Crippen LogP contribution in [0.4, 0.5) is 0 Å². The van der Waals surface area contributed by atoms with Crippen LogP contribution in [0.15, 0.2) is 0 Å². The van der Waals surface area contributed by atoms with Gasteiger partial charge in [-0.05, 0) is 38.5 Å². The van der Waals surface area contributed by atoms with Gasteiger partial charge < -0.3 is 15.3 Å². The van der Waals surface area contributed by atoms with E-state index in [4.69, 9.17) is 15.3 Å². The number of aliphatic hydroxyl groups is 3. The highest BCUT2D eigenvalue weighted by atomic mass is 16.3. The van der Waals surface area contributed by atoms with E-state index in [9.17, 15) is 0 Å². The van der Waals surface area contributed by atoms with Gasteiger partial charge in [-0.15, -0.1) is 0 Å². The van der Waals surface area contributed by atoms with Gasteiger partial charge in [-0.3, -0.25) is 0 Å². The molecule has 3 nitrogen and oxygen atoms in total. The van der Waals surface area contributed by atoms with Crippen molar-refractivity contribution in [1.29, 1.82) is 0 Å². The largest absolute Gasteiger partial charge is 0.393 e. The van der Waals surface area contributed by atoms with Gasteiger partial charge in [-0.2, -0.15) is 0 Å². The van der Waals surface area contributed by atoms with Crippen LogP contribution in [0.2, 0.25) is 0 Å². The SMILES string of the molecule is OC1CCCC(O)C1.OC1CCCCC1. The Morgan fingerprint density at radius 3 is 1.27 bits per heavy atom. The zero-order chi connectivity index (χ0) is 11.1. The van der Waals surface area contributed by atoms with Crippen molar-refractivity contribution >= 4 is 0 Å². The molecule has 2 aliphatic carbocycles. The Kier molecular flexibility index (Phi) is 6.22. The Balaban J connectivity index is 0.000000151. The molecule has 0 aromatic heterocycles. The van der Waals surface area contributed by atoms with E-state index in [0.29, 0.717) is 6.42 Å². The van der Waals surface area contributed by atoms with Crippen LogP contribution in [0.3, 0.4) is 0 Å². The quantitative estimate of drug-likeness (QED) is 0.576. The predicted molar refractivity (Wildman–Crippen MR) is 59.6 cm³/mol. The average molecular weight is 216 g/mol. The minimum atomic E-state index is -0.237. The molecule has 2 aliphatic rings. The van der Waals surface area contributed by atoms with Gasteiger partial charge in [0.15, 0.2) is 0 Å². The molecule has 2 fully saturated rings. The highest BCUT2D eigenvalue weighted by Crippen LogP contribution is 2.17. The lowest BCUT2D eigenvalue weighted by Gasteiger charge is -2.20. The van der Waals surface area contributed by atoms with Crippen LogP contribution < -0.4 is 0 Å². The monoisotopic (exact) mass is 216 g/mol. The first-order chi connectivity index (χ1) is 7.18.